The van der Waals surface area contributed by atoms with Crippen LogP contribution < -0.4 is 4.90 Å². The molecular weight excluding hydrogens is 379 g/mol. The first-order valence-corrected chi connectivity index (χ1v) is 9.30. The third-order valence-corrected chi connectivity index (χ3v) is 5.32. The van der Waals surface area contributed by atoms with Gasteiger partial charge in [0.15, 0.2) is 0 Å². The van der Waals surface area contributed by atoms with E-state index < -0.39 is 11.7 Å². The number of rotatable bonds is 2. The quantitative estimate of drug-likeness (QED) is 0.578. The van der Waals surface area contributed by atoms with Gasteiger partial charge in [0.05, 0.1) is 5.56 Å². The van der Waals surface area contributed by atoms with E-state index in [0.29, 0.717) is 17.9 Å². The van der Waals surface area contributed by atoms with E-state index in [0.717, 1.165) is 22.9 Å². The van der Waals surface area contributed by atoms with E-state index >= 15 is 0 Å². The van der Waals surface area contributed by atoms with Gasteiger partial charge in [0.25, 0.3) is 5.91 Å². The molecule has 2 aromatic heterocycles. The number of aromatic nitrogens is 2. The van der Waals surface area contributed by atoms with Crippen molar-refractivity contribution in [2.45, 2.75) is 33.0 Å². The highest BCUT2D eigenvalue weighted by molar-refractivity contribution is 6.10. The maximum atomic E-state index is 13.4. The van der Waals surface area contributed by atoms with Crippen LogP contribution in [0.3, 0.4) is 0 Å². The van der Waals surface area contributed by atoms with Crippen LogP contribution in [0.25, 0.3) is 11.1 Å². The minimum Gasteiger partial charge on any atom is -0.338 e. The van der Waals surface area contributed by atoms with Gasteiger partial charge in [-0.15, -0.1) is 0 Å². The number of pyridine rings is 1. The van der Waals surface area contributed by atoms with Crippen LogP contribution in [0.4, 0.5) is 18.9 Å². The minimum absolute atomic E-state index is 0.0121. The number of carbonyl (C=O) groups is 1. The van der Waals surface area contributed by atoms with E-state index in [1.165, 1.54) is 19.1 Å². The maximum absolute atomic E-state index is 13.4. The van der Waals surface area contributed by atoms with E-state index in [1.54, 1.807) is 11.1 Å². The molecule has 1 aliphatic heterocycles. The molecule has 29 heavy (non-hydrogen) atoms. The molecule has 0 bridgehead atoms. The summed E-state index contributed by atoms with van der Waals surface area (Å²) in [7, 11) is 0. The lowest BCUT2D eigenvalue weighted by Crippen LogP contribution is -2.42. The molecule has 0 saturated carbocycles. The third kappa shape index (κ3) is 3.30. The highest BCUT2D eigenvalue weighted by atomic mass is 19.4. The predicted octanol–water partition coefficient (Wildman–Crippen LogP) is 5.41. The summed E-state index contributed by atoms with van der Waals surface area (Å²) in [4.78, 5) is 19.1. The van der Waals surface area contributed by atoms with Crippen molar-refractivity contribution in [2.75, 3.05) is 11.4 Å². The molecule has 0 spiro atoms. The topological polar surface area (TPSA) is 38.1 Å². The molecule has 0 N–H and O–H groups in total. The van der Waals surface area contributed by atoms with E-state index in [9.17, 15) is 18.0 Å². The lowest BCUT2D eigenvalue weighted by atomic mass is 10.0. The van der Waals surface area contributed by atoms with E-state index in [2.05, 4.69) is 4.98 Å². The lowest BCUT2D eigenvalue weighted by Gasteiger charge is -2.34. The van der Waals surface area contributed by atoms with Gasteiger partial charge in [-0.1, -0.05) is 0 Å². The van der Waals surface area contributed by atoms with Crippen LogP contribution in [0.2, 0.25) is 0 Å². The highest BCUT2D eigenvalue weighted by Gasteiger charge is 2.35. The van der Waals surface area contributed by atoms with E-state index in [1.807, 2.05) is 42.8 Å². The summed E-state index contributed by atoms with van der Waals surface area (Å²) in [5.41, 5.74) is 2.94. The Morgan fingerprint density at radius 3 is 2.52 bits per heavy atom. The Hall–Kier alpha value is -3.09. The monoisotopic (exact) mass is 399 g/mol. The summed E-state index contributed by atoms with van der Waals surface area (Å²) in [5, 5.41) is 0. The minimum atomic E-state index is -4.41. The van der Waals surface area contributed by atoms with Crippen LogP contribution in [-0.4, -0.2) is 22.0 Å². The molecule has 150 valence electrons. The van der Waals surface area contributed by atoms with Gasteiger partial charge in [0.1, 0.15) is 5.69 Å². The Labute approximate surface area is 166 Å². The molecular formula is C22H20F3N3O. The highest BCUT2D eigenvalue weighted by Crippen LogP contribution is 2.37. The molecule has 0 fully saturated rings. The van der Waals surface area contributed by atoms with Crippen molar-refractivity contribution < 1.29 is 18.0 Å². The second-order valence-electron chi connectivity index (χ2n) is 7.43. The van der Waals surface area contributed by atoms with Crippen molar-refractivity contribution in [3.05, 3.63) is 71.3 Å². The lowest BCUT2D eigenvalue weighted by molar-refractivity contribution is -0.138. The maximum Gasteiger partial charge on any atom is 0.416 e. The Kier molecular flexibility index (Phi) is 4.48. The molecule has 0 unspecified atom stereocenters. The average Bonchev–Trinajstić information content (AvgIpc) is 3.09. The zero-order valence-electron chi connectivity index (χ0n) is 16.3. The fraction of sp³-hybridized carbons (Fsp3) is 0.273. The number of fused-ring (bicyclic) bond motifs is 1. The number of nitrogens with zero attached hydrogens (tertiary/aromatic N) is 3. The van der Waals surface area contributed by atoms with Crippen molar-refractivity contribution in [3.8, 4) is 11.1 Å². The number of aryl methyl sites for hydroxylation is 2. The molecule has 4 rings (SSSR count). The number of amides is 1. The standard InChI is InChI=1S/C22H20F3N3O/c1-13-10-17(4-5-19(13)22(23,24)25)28-12-15(3)27-9-7-18(20(27)21(28)29)16-6-8-26-14(2)11-16/h4-11,15H,12H2,1-3H3/t15-/m0/s1. The van der Waals surface area contributed by atoms with Crippen molar-refractivity contribution in [2.24, 2.45) is 0 Å². The summed E-state index contributed by atoms with van der Waals surface area (Å²) >= 11 is 0. The van der Waals surface area contributed by atoms with Gasteiger partial charge in [0.2, 0.25) is 0 Å². The van der Waals surface area contributed by atoms with Gasteiger partial charge in [0, 0.05) is 41.9 Å². The molecule has 3 heterocycles. The van der Waals surface area contributed by atoms with Gasteiger partial charge in [-0.25, -0.2) is 0 Å². The Morgan fingerprint density at radius 1 is 1.10 bits per heavy atom. The first-order chi connectivity index (χ1) is 13.7. The van der Waals surface area contributed by atoms with Crippen LogP contribution >= 0.6 is 0 Å². The van der Waals surface area contributed by atoms with E-state index in [-0.39, 0.29) is 17.5 Å². The SMILES string of the molecule is Cc1cc(-c2ccn3c2C(=O)N(c2ccc(C(F)(F)F)c(C)c2)C[C@@H]3C)ccn1. The molecule has 1 aromatic carbocycles. The second-order valence-corrected chi connectivity index (χ2v) is 7.43. The van der Waals surface area contributed by atoms with Crippen LogP contribution in [0.15, 0.2) is 48.8 Å². The summed E-state index contributed by atoms with van der Waals surface area (Å²) in [6, 6.07) is 9.50. The van der Waals surface area contributed by atoms with Gasteiger partial charge >= 0.3 is 6.18 Å². The number of anilines is 1. The summed E-state index contributed by atoms with van der Waals surface area (Å²) in [6.45, 7) is 5.67. The second kappa shape index (κ2) is 6.76. The smallest absolute Gasteiger partial charge is 0.338 e. The van der Waals surface area contributed by atoms with Crippen LogP contribution in [-0.2, 0) is 6.18 Å². The van der Waals surface area contributed by atoms with Crippen molar-refractivity contribution >= 4 is 11.6 Å². The molecule has 3 aromatic rings. The first-order valence-electron chi connectivity index (χ1n) is 9.30. The Morgan fingerprint density at radius 2 is 1.86 bits per heavy atom. The van der Waals surface area contributed by atoms with Crippen molar-refractivity contribution in [3.63, 3.8) is 0 Å². The number of halogens is 3. The van der Waals surface area contributed by atoms with Crippen molar-refractivity contribution in [1.29, 1.82) is 0 Å². The molecule has 1 amide bonds. The molecule has 4 nitrogen and oxygen atoms in total. The molecule has 1 atom stereocenters. The zero-order chi connectivity index (χ0) is 20.9. The Bertz CT molecular complexity index is 1100. The first kappa shape index (κ1) is 19.2. The van der Waals surface area contributed by atoms with Crippen molar-refractivity contribution in [1.82, 2.24) is 9.55 Å². The van der Waals surface area contributed by atoms with Gasteiger partial charge < -0.3 is 9.47 Å². The average molecular weight is 399 g/mol. The summed E-state index contributed by atoms with van der Waals surface area (Å²) in [5.74, 6) is -0.225. The number of carbonyl (C=O) groups excluding carboxylic acids is 1. The van der Waals surface area contributed by atoms with Crippen LogP contribution in [0, 0.1) is 13.8 Å². The van der Waals surface area contributed by atoms with Crippen LogP contribution in [0.1, 0.15) is 40.3 Å². The molecule has 1 aliphatic rings. The van der Waals surface area contributed by atoms with Gasteiger partial charge in [-0.3, -0.25) is 9.78 Å². The van der Waals surface area contributed by atoms with Gasteiger partial charge in [-0.05, 0) is 68.3 Å². The summed E-state index contributed by atoms with van der Waals surface area (Å²) < 4.78 is 41.2. The predicted molar refractivity (Wildman–Crippen MR) is 105 cm³/mol. The number of alkyl halides is 3. The fourth-order valence-electron chi connectivity index (χ4n) is 3.91. The number of hydrogen-bond donors (Lipinski definition) is 0. The molecule has 0 aliphatic carbocycles. The Balaban J connectivity index is 1.77. The molecule has 7 heteroatoms. The van der Waals surface area contributed by atoms with Gasteiger partial charge in [-0.2, -0.15) is 13.2 Å². The van der Waals surface area contributed by atoms with E-state index in [4.69, 9.17) is 0 Å². The molecule has 0 saturated heterocycles. The number of hydrogen-bond acceptors (Lipinski definition) is 2. The fourth-order valence-corrected chi connectivity index (χ4v) is 3.91. The third-order valence-electron chi connectivity index (χ3n) is 5.32. The largest absolute Gasteiger partial charge is 0.416 e. The normalized spacial score (nSPS) is 16.8. The summed E-state index contributed by atoms with van der Waals surface area (Å²) in [6.07, 6.45) is -0.830. The number of benzene rings is 1. The van der Waals surface area contributed by atoms with Crippen LogP contribution in [0.5, 0.6) is 0 Å². The zero-order valence-corrected chi connectivity index (χ0v) is 16.3. The molecule has 0 radical (unpaired) electrons.